The smallest absolute Gasteiger partial charge is 0.315 e. The molecule has 1 aliphatic heterocycles. The number of urea groups is 1. The number of ether oxygens (including phenoxy) is 1. The summed E-state index contributed by atoms with van der Waals surface area (Å²) in [5, 5.41) is 5.41. The van der Waals surface area contributed by atoms with Crippen LogP contribution in [-0.2, 0) is 17.6 Å². The minimum Gasteiger partial charge on any atom is -0.497 e. The Balaban J connectivity index is 1.39. The number of benzene rings is 2. The topological polar surface area (TPSA) is 70.7 Å². The highest BCUT2D eigenvalue weighted by molar-refractivity contribution is 5.98. The van der Waals surface area contributed by atoms with Gasteiger partial charge >= 0.3 is 6.03 Å². The number of methoxy groups -OCH3 is 1. The molecule has 0 bridgehead atoms. The zero-order valence-corrected chi connectivity index (χ0v) is 14.8. The van der Waals surface area contributed by atoms with Crippen LogP contribution in [0.5, 0.6) is 5.75 Å². The average Bonchev–Trinajstić information content (AvgIpc) is 3.11. The minimum absolute atomic E-state index is 0.0112. The number of carbonyl (C=O) groups excluding carboxylic acids is 2. The lowest BCUT2D eigenvalue weighted by Gasteiger charge is -2.17. The highest BCUT2D eigenvalue weighted by Gasteiger charge is 2.23. The number of amides is 3. The fourth-order valence-electron chi connectivity index (χ4n) is 3.02. The van der Waals surface area contributed by atoms with E-state index in [1.54, 1.807) is 12.0 Å². The highest BCUT2D eigenvalue weighted by Crippen LogP contribution is 2.27. The standard InChI is InChI=1S/C20H23N3O3/c1-26-17-8-6-15(7-9-17)10-12-21-20(25)22-14-19(24)23-13-11-16-4-2-3-5-18(16)23/h2-9H,10-14H2,1H3,(H2,21,22,25). The number of nitrogens with zero attached hydrogens (tertiary/aromatic N) is 1. The molecule has 2 aromatic carbocycles. The Morgan fingerprint density at radius 1 is 1.08 bits per heavy atom. The SMILES string of the molecule is COc1ccc(CCNC(=O)NCC(=O)N2CCc3ccccc32)cc1. The number of nitrogens with one attached hydrogen (secondary N) is 2. The van der Waals surface area contributed by atoms with Crippen LogP contribution in [0.3, 0.4) is 0 Å². The van der Waals surface area contributed by atoms with Crippen molar-refractivity contribution in [2.24, 2.45) is 0 Å². The number of hydrogen-bond acceptors (Lipinski definition) is 3. The van der Waals surface area contributed by atoms with E-state index >= 15 is 0 Å². The van der Waals surface area contributed by atoms with E-state index in [0.29, 0.717) is 19.5 Å². The second-order valence-electron chi connectivity index (χ2n) is 6.13. The van der Waals surface area contributed by atoms with Crippen molar-refractivity contribution >= 4 is 17.6 Å². The normalized spacial score (nSPS) is 12.4. The molecule has 2 aromatic rings. The Hall–Kier alpha value is -3.02. The molecule has 0 radical (unpaired) electrons. The molecule has 0 aliphatic carbocycles. The first kappa shape index (κ1) is 17.8. The molecule has 0 aromatic heterocycles. The minimum atomic E-state index is -0.334. The Morgan fingerprint density at radius 2 is 1.85 bits per heavy atom. The summed E-state index contributed by atoms with van der Waals surface area (Å²) < 4.78 is 5.11. The van der Waals surface area contributed by atoms with Crippen molar-refractivity contribution in [1.82, 2.24) is 10.6 Å². The van der Waals surface area contributed by atoms with Crippen molar-refractivity contribution in [2.75, 3.05) is 31.6 Å². The highest BCUT2D eigenvalue weighted by atomic mass is 16.5. The fraction of sp³-hybridized carbons (Fsp3) is 0.300. The van der Waals surface area contributed by atoms with Crippen LogP contribution in [0.4, 0.5) is 10.5 Å². The van der Waals surface area contributed by atoms with Gasteiger partial charge in [0.1, 0.15) is 5.75 Å². The predicted octanol–water partition coefficient (Wildman–Crippen LogP) is 2.13. The van der Waals surface area contributed by atoms with Gasteiger partial charge in [-0.2, -0.15) is 0 Å². The third kappa shape index (κ3) is 4.33. The molecule has 0 saturated heterocycles. The van der Waals surface area contributed by atoms with Crippen LogP contribution < -0.4 is 20.3 Å². The van der Waals surface area contributed by atoms with Gasteiger partial charge in [-0.1, -0.05) is 30.3 Å². The van der Waals surface area contributed by atoms with Crippen molar-refractivity contribution in [3.8, 4) is 5.75 Å². The average molecular weight is 353 g/mol. The van der Waals surface area contributed by atoms with Crippen LogP contribution in [0, 0.1) is 0 Å². The number of para-hydroxylation sites is 1. The van der Waals surface area contributed by atoms with Crippen LogP contribution in [0.15, 0.2) is 48.5 Å². The van der Waals surface area contributed by atoms with Gasteiger partial charge in [-0.15, -0.1) is 0 Å². The van der Waals surface area contributed by atoms with E-state index < -0.39 is 0 Å². The molecular weight excluding hydrogens is 330 g/mol. The number of carbonyl (C=O) groups is 2. The van der Waals surface area contributed by atoms with Gasteiger partial charge in [0.25, 0.3) is 0 Å². The maximum Gasteiger partial charge on any atom is 0.315 e. The number of anilines is 1. The van der Waals surface area contributed by atoms with Crippen LogP contribution in [0.25, 0.3) is 0 Å². The summed E-state index contributed by atoms with van der Waals surface area (Å²) in [4.78, 5) is 26.0. The lowest BCUT2D eigenvalue weighted by molar-refractivity contribution is -0.117. The van der Waals surface area contributed by atoms with Gasteiger partial charge in [0.05, 0.1) is 13.7 Å². The third-order valence-electron chi connectivity index (χ3n) is 4.45. The molecule has 3 amide bonds. The fourth-order valence-corrected chi connectivity index (χ4v) is 3.02. The van der Waals surface area contributed by atoms with Crippen molar-refractivity contribution in [3.05, 3.63) is 59.7 Å². The zero-order chi connectivity index (χ0) is 18.4. The van der Waals surface area contributed by atoms with Crippen molar-refractivity contribution < 1.29 is 14.3 Å². The molecule has 0 atom stereocenters. The van der Waals surface area contributed by atoms with Gasteiger partial charge in [-0.25, -0.2) is 4.79 Å². The first-order chi connectivity index (χ1) is 12.7. The molecular formula is C20H23N3O3. The van der Waals surface area contributed by atoms with Crippen LogP contribution in [-0.4, -0.2) is 38.7 Å². The zero-order valence-electron chi connectivity index (χ0n) is 14.8. The van der Waals surface area contributed by atoms with Gasteiger partial charge < -0.3 is 20.3 Å². The Morgan fingerprint density at radius 3 is 2.62 bits per heavy atom. The van der Waals surface area contributed by atoms with Crippen molar-refractivity contribution in [3.63, 3.8) is 0 Å². The number of hydrogen-bond donors (Lipinski definition) is 2. The van der Waals surface area contributed by atoms with Crippen LogP contribution >= 0.6 is 0 Å². The second-order valence-corrected chi connectivity index (χ2v) is 6.13. The Kier molecular flexibility index (Phi) is 5.73. The number of rotatable bonds is 6. The van der Waals surface area contributed by atoms with Crippen LogP contribution in [0.1, 0.15) is 11.1 Å². The third-order valence-corrected chi connectivity index (χ3v) is 4.45. The molecule has 6 nitrogen and oxygen atoms in total. The quantitative estimate of drug-likeness (QED) is 0.836. The summed E-state index contributed by atoms with van der Waals surface area (Å²) in [6.45, 7) is 1.15. The molecule has 0 saturated carbocycles. The summed E-state index contributed by atoms with van der Waals surface area (Å²) in [5.41, 5.74) is 3.22. The van der Waals surface area contributed by atoms with Gasteiger partial charge in [0, 0.05) is 18.8 Å². The molecule has 2 N–H and O–H groups in total. The lowest BCUT2D eigenvalue weighted by Crippen LogP contribution is -2.43. The molecule has 136 valence electrons. The van der Waals surface area contributed by atoms with Crippen molar-refractivity contribution in [1.29, 1.82) is 0 Å². The summed E-state index contributed by atoms with van der Waals surface area (Å²) >= 11 is 0. The molecule has 26 heavy (non-hydrogen) atoms. The summed E-state index contributed by atoms with van der Waals surface area (Å²) in [5.74, 6) is 0.710. The molecule has 1 aliphatic rings. The van der Waals surface area contributed by atoms with E-state index in [0.717, 1.165) is 23.4 Å². The second kappa shape index (κ2) is 8.38. The lowest BCUT2D eigenvalue weighted by atomic mass is 10.1. The molecule has 3 rings (SSSR count). The molecule has 6 heteroatoms. The molecule has 0 spiro atoms. The Bertz CT molecular complexity index is 774. The van der Waals surface area contributed by atoms with E-state index in [9.17, 15) is 9.59 Å². The summed E-state index contributed by atoms with van der Waals surface area (Å²) in [6.07, 6.45) is 1.57. The molecule has 0 unspecified atom stereocenters. The van der Waals surface area contributed by atoms with E-state index in [2.05, 4.69) is 10.6 Å². The van der Waals surface area contributed by atoms with Gasteiger partial charge in [0.15, 0.2) is 0 Å². The van der Waals surface area contributed by atoms with Gasteiger partial charge in [-0.3, -0.25) is 4.79 Å². The van der Waals surface area contributed by atoms with E-state index in [1.165, 1.54) is 5.56 Å². The van der Waals surface area contributed by atoms with E-state index in [4.69, 9.17) is 4.74 Å². The summed E-state index contributed by atoms with van der Waals surface area (Å²) in [6, 6.07) is 15.2. The maximum absolute atomic E-state index is 12.3. The Labute approximate surface area is 153 Å². The molecule has 0 fully saturated rings. The van der Waals surface area contributed by atoms with Gasteiger partial charge in [0.2, 0.25) is 5.91 Å². The number of fused-ring (bicyclic) bond motifs is 1. The first-order valence-corrected chi connectivity index (χ1v) is 8.70. The largest absolute Gasteiger partial charge is 0.497 e. The van der Waals surface area contributed by atoms with E-state index in [1.807, 2.05) is 48.5 Å². The monoisotopic (exact) mass is 353 g/mol. The summed E-state index contributed by atoms with van der Waals surface area (Å²) in [7, 11) is 1.63. The van der Waals surface area contributed by atoms with Gasteiger partial charge in [-0.05, 0) is 42.2 Å². The van der Waals surface area contributed by atoms with E-state index in [-0.39, 0.29) is 18.5 Å². The van der Waals surface area contributed by atoms with Crippen LogP contribution in [0.2, 0.25) is 0 Å². The molecule has 1 heterocycles. The predicted molar refractivity (Wildman–Crippen MR) is 101 cm³/mol. The first-order valence-electron chi connectivity index (χ1n) is 8.70. The van der Waals surface area contributed by atoms with Crippen molar-refractivity contribution in [2.45, 2.75) is 12.8 Å². The maximum atomic E-state index is 12.3.